The van der Waals surface area contributed by atoms with E-state index in [1.165, 1.54) is 26.2 Å². The van der Waals surface area contributed by atoms with Crippen LogP contribution in [0.25, 0.3) is 0 Å². The Balaban J connectivity index is 1.74. The molecule has 0 N–H and O–H groups in total. The first kappa shape index (κ1) is 13.8. The van der Waals surface area contributed by atoms with E-state index < -0.39 is 0 Å². The maximum Gasteiger partial charge on any atom is 0.308 e. The number of piperazine rings is 1. The zero-order chi connectivity index (χ0) is 13.0. The van der Waals surface area contributed by atoms with E-state index in [2.05, 4.69) is 16.8 Å². The highest BCUT2D eigenvalue weighted by Gasteiger charge is 2.31. The summed E-state index contributed by atoms with van der Waals surface area (Å²) in [4.78, 5) is 16.7. The number of hydrogen-bond donors (Lipinski definition) is 0. The Kier molecular flexibility index (Phi) is 5.01. The standard InChI is InChI=1S/C14H26N2O2/c1-3-18-14(17)12-4-6-13(7-5-12)16-10-8-15(2)9-11-16/h12-13H,3-11H2,1-2H3. The van der Waals surface area contributed by atoms with Gasteiger partial charge in [-0.2, -0.15) is 0 Å². The van der Waals surface area contributed by atoms with E-state index in [4.69, 9.17) is 4.74 Å². The number of esters is 1. The van der Waals surface area contributed by atoms with Crippen molar-refractivity contribution in [2.45, 2.75) is 38.6 Å². The molecule has 2 fully saturated rings. The van der Waals surface area contributed by atoms with Gasteiger partial charge in [0.1, 0.15) is 0 Å². The third-order valence-electron chi connectivity index (χ3n) is 4.37. The van der Waals surface area contributed by atoms with Crippen LogP contribution in [0.3, 0.4) is 0 Å². The van der Waals surface area contributed by atoms with Crippen molar-refractivity contribution in [3.63, 3.8) is 0 Å². The molecule has 0 aromatic rings. The van der Waals surface area contributed by atoms with E-state index in [0.717, 1.165) is 25.7 Å². The lowest BCUT2D eigenvalue weighted by atomic mass is 9.85. The predicted molar refractivity (Wildman–Crippen MR) is 71.4 cm³/mol. The molecule has 1 saturated heterocycles. The molecule has 0 aromatic carbocycles. The van der Waals surface area contributed by atoms with E-state index in [1.807, 2.05) is 6.92 Å². The second kappa shape index (κ2) is 6.53. The maximum atomic E-state index is 11.7. The molecular weight excluding hydrogens is 228 g/mol. The van der Waals surface area contributed by atoms with Crippen LogP contribution in [0.15, 0.2) is 0 Å². The van der Waals surface area contributed by atoms with Crippen LogP contribution in [0.2, 0.25) is 0 Å². The van der Waals surface area contributed by atoms with Crippen LogP contribution in [0.1, 0.15) is 32.6 Å². The van der Waals surface area contributed by atoms with Crippen LogP contribution in [-0.4, -0.2) is 61.6 Å². The molecule has 0 bridgehead atoms. The van der Waals surface area contributed by atoms with E-state index in [1.54, 1.807) is 0 Å². The Bertz CT molecular complexity index is 267. The summed E-state index contributed by atoms with van der Waals surface area (Å²) in [6.07, 6.45) is 4.34. The van der Waals surface area contributed by atoms with Crippen molar-refractivity contribution in [2.75, 3.05) is 39.8 Å². The number of likely N-dealkylation sites (N-methyl/N-ethyl adjacent to an activating group) is 1. The van der Waals surface area contributed by atoms with Crippen LogP contribution in [-0.2, 0) is 9.53 Å². The summed E-state index contributed by atoms with van der Waals surface area (Å²) < 4.78 is 5.12. The molecule has 1 saturated carbocycles. The molecule has 2 rings (SSSR count). The van der Waals surface area contributed by atoms with Crippen molar-refractivity contribution in [1.29, 1.82) is 0 Å². The van der Waals surface area contributed by atoms with Crippen molar-refractivity contribution in [3.8, 4) is 0 Å². The number of nitrogens with zero attached hydrogens (tertiary/aromatic N) is 2. The van der Waals surface area contributed by atoms with Gasteiger partial charge in [0.2, 0.25) is 0 Å². The first-order valence-electron chi connectivity index (χ1n) is 7.30. The van der Waals surface area contributed by atoms with Crippen LogP contribution in [0.5, 0.6) is 0 Å². The fourth-order valence-electron chi connectivity index (χ4n) is 3.12. The molecule has 0 amide bonds. The van der Waals surface area contributed by atoms with E-state index >= 15 is 0 Å². The SMILES string of the molecule is CCOC(=O)C1CCC(N2CCN(C)CC2)CC1. The minimum absolute atomic E-state index is 0.0225. The van der Waals surface area contributed by atoms with Gasteiger partial charge in [0.05, 0.1) is 12.5 Å². The molecule has 2 aliphatic rings. The summed E-state index contributed by atoms with van der Waals surface area (Å²) in [6, 6.07) is 0.698. The number of ether oxygens (including phenoxy) is 1. The molecule has 1 aliphatic heterocycles. The first-order valence-corrected chi connectivity index (χ1v) is 7.30. The molecule has 0 unspecified atom stereocenters. The molecule has 1 aliphatic carbocycles. The van der Waals surface area contributed by atoms with E-state index in [-0.39, 0.29) is 11.9 Å². The van der Waals surface area contributed by atoms with Crippen LogP contribution >= 0.6 is 0 Å². The number of rotatable bonds is 3. The van der Waals surface area contributed by atoms with Crippen molar-refractivity contribution >= 4 is 5.97 Å². The second-order valence-electron chi connectivity index (χ2n) is 5.60. The lowest BCUT2D eigenvalue weighted by Gasteiger charge is -2.40. The summed E-state index contributed by atoms with van der Waals surface area (Å²) >= 11 is 0. The van der Waals surface area contributed by atoms with Crippen molar-refractivity contribution < 1.29 is 9.53 Å². The molecule has 0 aromatic heterocycles. The molecule has 1 heterocycles. The van der Waals surface area contributed by atoms with Crippen LogP contribution in [0.4, 0.5) is 0 Å². The summed E-state index contributed by atoms with van der Waals surface area (Å²) in [5.41, 5.74) is 0. The normalized spacial score (nSPS) is 31.2. The number of carbonyl (C=O) groups is 1. The van der Waals surface area contributed by atoms with Crippen LogP contribution < -0.4 is 0 Å². The topological polar surface area (TPSA) is 32.8 Å². The maximum absolute atomic E-state index is 11.7. The Morgan fingerprint density at radius 3 is 2.28 bits per heavy atom. The Morgan fingerprint density at radius 2 is 1.72 bits per heavy atom. The van der Waals surface area contributed by atoms with Gasteiger partial charge in [-0.25, -0.2) is 0 Å². The van der Waals surface area contributed by atoms with E-state index in [0.29, 0.717) is 12.6 Å². The van der Waals surface area contributed by atoms with Gasteiger partial charge in [-0.1, -0.05) is 0 Å². The third kappa shape index (κ3) is 3.45. The Hall–Kier alpha value is -0.610. The monoisotopic (exact) mass is 254 g/mol. The number of carbonyl (C=O) groups excluding carboxylic acids is 1. The summed E-state index contributed by atoms with van der Waals surface area (Å²) in [5, 5.41) is 0. The minimum atomic E-state index is 0.0225. The third-order valence-corrected chi connectivity index (χ3v) is 4.37. The van der Waals surface area contributed by atoms with Gasteiger partial charge in [0.15, 0.2) is 0 Å². The van der Waals surface area contributed by atoms with Crippen LogP contribution in [0, 0.1) is 5.92 Å². The summed E-state index contributed by atoms with van der Waals surface area (Å²) in [7, 11) is 2.19. The highest BCUT2D eigenvalue weighted by Crippen LogP contribution is 2.28. The number of hydrogen-bond acceptors (Lipinski definition) is 4. The van der Waals surface area contributed by atoms with Gasteiger partial charge < -0.3 is 9.64 Å². The smallest absolute Gasteiger partial charge is 0.308 e. The molecule has 4 heteroatoms. The first-order chi connectivity index (χ1) is 8.70. The van der Waals surface area contributed by atoms with Gasteiger partial charge in [0, 0.05) is 32.2 Å². The molecular formula is C14H26N2O2. The molecule has 0 spiro atoms. The second-order valence-corrected chi connectivity index (χ2v) is 5.60. The fraction of sp³-hybridized carbons (Fsp3) is 0.929. The van der Waals surface area contributed by atoms with Crippen molar-refractivity contribution in [1.82, 2.24) is 9.80 Å². The molecule has 4 nitrogen and oxygen atoms in total. The highest BCUT2D eigenvalue weighted by molar-refractivity contribution is 5.72. The summed E-state index contributed by atoms with van der Waals surface area (Å²) in [6.45, 7) is 7.12. The van der Waals surface area contributed by atoms with Gasteiger partial charge in [-0.3, -0.25) is 9.69 Å². The van der Waals surface area contributed by atoms with Gasteiger partial charge >= 0.3 is 5.97 Å². The molecule has 104 valence electrons. The fourth-order valence-corrected chi connectivity index (χ4v) is 3.12. The average Bonchev–Trinajstić information content (AvgIpc) is 2.40. The van der Waals surface area contributed by atoms with Gasteiger partial charge in [0.25, 0.3) is 0 Å². The zero-order valence-electron chi connectivity index (χ0n) is 11.7. The van der Waals surface area contributed by atoms with Gasteiger partial charge in [-0.05, 0) is 39.7 Å². The average molecular weight is 254 g/mol. The van der Waals surface area contributed by atoms with E-state index in [9.17, 15) is 4.79 Å². The zero-order valence-corrected chi connectivity index (χ0v) is 11.7. The molecule has 0 radical (unpaired) electrons. The lowest BCUT2D eigenvalue weighted by molar-refractivity contribution is -0.149. The molecule has 18 heavy (non-hydrogen) atoms. The molecule has 0 atom stereocenters. The minimum Gasteiger partial charge on any atom is -0.466 e. The summed E-state index contributed by atoms with van der Waals surface area (Å²) in [5.74, 6) is 0.183. The quantitative estimate of drug-likeness (QED) is 0.712. The largest absolute Gasteiger partial charge is 0.466 e. The van der Waals surface area contributed by atoms with Gasteiger partial charge in [-0.15, -0.1) is 0 Å². The predicted octanol–water partition coefficient (Wildman–Crippen LogP) is 1.36. The van der Waals surface area contributed by atoms with Crippen molar-refractivity contribution in [3.05, 3.63) is 0 Å². The Morgan fingerprint density at radius 1 is 1.11 bits per heavy atom. The lowest BCUT2D eigenvalue weighted by Crippen LogP contribution is -2.50. The Labute approximate surface area is 110 Å². The van der Waals surface area contributed by atoms with Crippen molar-refractivity contribution in [2.24, 2.45) is 5.92 Å². The highest BCUT2D eigenvalue weighted by atomic mass is 16.5.